The number of benzene rings is 2. The summed E-state index contributed by atoms with van der Waals surface area (Å²) in [5.41, 5.74) is 5.22. The normalized spacial score (nSPS) is 10.7. The second-order valence-electron chi connectivity index (χ2n) is 5.26. The topological polar surface area (TPSA) is 22.0 Å². The van der Waals surface area contributed by atoms with E-state index in [1.165, 1.54) is 12.1 Å². The molecule has 0 aliphatic carbocycles. The molecule has 0 atom stereocenters. The molecule has 0 N–H and O–H groups in total. The number of para-hydroxylation sites is 1. The molecule has 110 valence electrons. The molecule has 1 heterocycles. The van der Waals surface area contributed by atoms with Crippen molar-refractivity contribution in [2.45, 2.75) is 13.8 Å². The lowest BCUT2D eigenvalue weighted by molar-refractivity contribution is 0.112. The van der Waals surface area contributed by atoms with Crippen LogP contribution in [-0.2, 0) is 0 Å². The fraction of sp³-hybridized carbons (Fsp3) is 0.105. The first-order valence-electron chi connectivity index (χ1n) is 7.12. The quantitative estimate of drug-likeness (QED) is 0.641. The molecule has 0 fully saturated rings. The van der Waals surface area contributed by atoms with Crippen LogP contribution in [0.5, 0.6) is 0 Å². The van der Waals surface area contributed by atoms with Crippen molar-refractivity contribution in [2.24, 2.45) is 0 Å². The van der Waals surface area contributed by atoms with Crippen LogP contribution in [0.15, 0.2) is 54.6 Å². The predicted octanol–water partition coefficient (Wildman–Crippen LogP) is 4.71. The zero-order valence-corrected chi connectivity index (χ0v) is 12.5. The molecule has 1 aromatic heterocycles. The Balaban J connectivity index is 2.28. The Hall–Kier alpha value is -2.68. The van der Waals surface area contributed by atoms with Crippen LogP contribution in [0.1, 0.15) is 21.7 Å². The number of nitrogens with zero attached hydrogens (tertiary/aromatic N) is 1. The number of hydrogen-bond donors (Lipinski definition) is 0. The summed E-state index contributed by atoms with van der Waals surface area (Å²) in [5, 5.41) is 0. The van der Waals surface area contributed by atoms with Crippen molar-refractivity contribution >= 4 is 6.29 Å². The first-order chi connectivity index (χ1) is 10.6. The van der Waals surface area contributed by atoms with Gasteiger partial charge in [-0.05, 0) is 43.7 Å². The zero-order chi connectivity index (χ0) is 15.7. The Bertz CT molecular complexity index is 817. The lowest BCUT2D eigenvalue weighted by atomic mass is 10.0. The minimum absolute atomic E-state index is 0.284. The van der Waals surface area contributed by atoms with E-state index in [0.29, 0.717) is 5.56 Å². The van der Waals surface area contributed by atoms with Crippen molar-refractivity contribution in [3.8, 4) is 16.8 Å². The molecule has 0 radical (unpaired) electrons. The van der Waals surface area contributed by atoms with Crippen LogP contribution in [0.2, 0.25) is 0 Å². The number of hydrogen-bond acceptors (Lipinski definition) is 1. The van der Waals surface area contributed by atoms with E-state index in [2.05, 4.69) is 4.57 Å². The third-order valence-electron chi connectivity index (χ3n) is 3.96. The maximum atomic E-state index is 13.2. The van der Waals surface area contributed by atoms with Crippen LogP contribution in [-0.4, -0.2) is 10.9 Å². The minimum atomic E-state index is -0.284. The van der Waals surface area contributed by atoms with Gasteiger partial charge >= 0.3 is 0 Å². The summed E-state index contributed by atoms with van der Waals surface area (Å²) in [7, 11) is 0. The van der Waals surface area contributed by atoms with E-state index in [-0.39, 0.29) is 5.82 Å². The van der Waals surface area contributed by atoms with Crippen molar-refractivity contribution in [3.05, 3.63) is 77.4 Å². The maximum Gasteiger partial charge on any atom is 0.152 e. The SMILES string of the molecule is Cc1c(C=O)c(-c2ccc(F)cc2)c(C)n1-c1ccccc1. The molecule has 3 heteroatoms. The van der Waals surface area contributed by atoms with E-state index >= 15 is 0 Å². The molecule has 3 rings (SSSR count). The van der Waals surface area contributed by atoms with Gasteiger partial charge < -0.3 is 4.57 Å². The Labute approximate surface area is 128 Å². The molecular weight excluding hydrogens is 277 g/mol. The number of rotatable bonds is 3. The summed E-state index contributed by atoms with van der Waals surface area (Å²) in [6.07, 6.45) is 0.875. The van der Waals surface area contributed by atoms with E-state index in [1.54, 1.807) is 12.1 Å². The Morgan fingerprint density at radius 3 is 2.14 bits per heavy atom. The van der Waals surface area contributed by atoms with Gasteiger partial charge in [0.1, 0.15) is 5.82 Å². The van der Waals surface area contributed by atoms with E-state index in [1.807, 2.05) is 44.2 Å². The van der Waals surface area contributed by atoms with Gasteiger partial charge in [-0.15, -0.1) is 0 Å². The Kier molecular flexibility index (Phi) is 3.63. The summed E-state index contributed by atoms with van der Waals surface area (Å²) in [6, 6.07) is 16.1. The number of halogens is 1. The fourth-order valence-corrected chi connectivity index (χ4v) is 2.95. The summed E-state index contributed by atoms with van der Waals surface area (Å²) in [5.74, 6) is -0.284. The maximum absolute atomic E-state index is 13.2. The standard InChI is InChI=1S/C19H16FNO/c1-13-18(12-22)19(15-8-10-16(20)11-9-15)14(2)21(13)17-6-4-3-5-7-17/h3-12H,1-2H3. The molecular formula is C19H16FNO. The van der Waals surface area contributed by atoms with Crippen molar-refractivity contribution in [1.29, 1.82) is 0 Å². The number of aromatic nitrogens is 1. The predicted molar refractivity (Wildman–Crippen MR) is 86.0 cm³/mol. The zero-order valence-electron chi connectivity index (χ0n) is 12.5. The summed E-state index contributed by atoms with van der Waals surface area (Å²) < 4.78 is 15.2. The summed E-state index contributed by atoms with van der Waals surface area (Å²) >= 11 is 0. The van der Waals surface area contributed by atoms with Gasteiger partial charge in [-0.1, -0.05) is 30.3 Å². The van der Waals surface area contributed by atoms with Crippen molar-refractivity contribution in [3.63, 3.8) is 0 Å². The highest BCUT2D eigenvalue weighted by Crippen LogP contribution is 2.33. The molecule has 0 saturated heterocycles. The van der Waals surface area contributed by atoms with E-state index in [0.717, 1.165) is 34.5 Å². The van der Waals surface area contributed by atoms with Gasteiger partial charge in [-0.25, -0.2) is 4.39 Å². The average molecular weight is 293 g/mol. The van der Waals surface area contributed by atoms with Crippen LogP contribution >= 0.6 is 0 Å². The van der Waals surface area contributed by atoms with E-state index in [9.17, 15) is 9.18 Å². The summed E-state index contributed by atoms with van der Waals surface area (Å²) in [4.78, 5) is 11.6. The monoisotopic (exact) mass is 293 g/mol. The second kappa shape index (κ2) is 5.60. The lowest BCUT2D eigenvalue weighted by Crippen LogP contribution is -1.99. The molecule has 2 nitrogen and oxygen atoms in total. The van der Waals surface area contributed by atoms with Gasteiger partial charge in [0.2, 0.25) is 0 Å². The highest BCUT2D eigenvalue weighted by atomic mass is 19.1. The molecule has 0 aliphatic heterocycles. The Morgan fingerprint density at radius 1 is 0.909 bits per heavy atom. The number of carbonyl (C=O) groups excluding carboxylic acids is 1. The lowest BCUT2D eigenvalue weighted by Gasteiger charge is -2.09. The molecule has 0 bridgehead atoms. The first kappa shape index (κ1) is 14.3. The molecule has 0 aliphatic rings. The van der Waals surface area contributed by atoms with Gasteiger partial charge in [-0.2, -0.15) is 0 Å². The number of carbonyl (C=O) groups is 1. The highest BCUT2D eigenvalue weighted by Gasteiger charge is 2.19. The van der Waals surface area contributed by atoms with Crippen molar-refractivity contribution in [1.82, 2.24) is 4.57 Å². The van der Waals surface area contributed by atoms with Gasteiger partial charge in [0.25, 0.3) is 0 Å². The van der Waals surface area contributed by atoms with Gasteiger partial charge in [0, 0.05) is 28.2 Å². The largest absolute Gasteiger partial charge is 0.317 e. The van der Waals surface area contributed by atoms with Crippen LogP contribution in [0, 0.1) is 19.7 Å². The molecule has 2 aromatic carbocycles. The van der Waals surface area contributed by atoms with Gasteiger partial charge in [0.15, 0.2) is 6.29 Å². The van der Waals surface area contributed by atoms with Crippen LogP contribution in [0.3, 0.4) is 0 Å². The third-order valence-corrected chi connectivity index (χ3v) is 3.96. The van der Waals surface area contributed by atoms with Gasteiger partial charge in [-0.3, -0.25) is 4.79 Å². The summed E-state index contributed by atoms with van der Waals surface area (Å²) in [6.45, 7) is 3.91. The molecule has 0 saturated carbocycles. The van der Waals surface area contributed by atoms with Crippen LogP contribution < -0.4 is 0 Å². The molecule has 22 heavy (non-hydrogen) atoms. The second-order valence-corrected chi connectivity index (χ2v) is 5.26. The molecule has 3 aromatic rings. The third kappa shape index (κ3) is 2.25. The van der Waals surface area contributed by atoms with Crippen molar-refractivity contribution < 1.29 is 9.18 Å². The van der Waals surface area contributed by atoms with Crippen LogP contribution in [0.4, 0.5) is 4.39 Å². The smallest absolute Gasteiger partial charge is 0.152 e. The first-order valence-corrected chi connectivity index (χ1v) is 7.12. The van der Waals surface area contributed by atoms with E-state index < -0.39 is 0 Å². The fourth-order valence-electron chi connectivity index (χ4n) is 2.95. The minimum Gasteiger partial charge on any atom is -0.317 e. The molecule has 0 amide bonds. The number of aldehydes is 1. The Morgan fingerprint density at radius 2 is 1.55 bits per heavy atom. The van der Waals surface area contributed by atoms with Crippen LogP contribution in [0.25, 0.3) is 16.8 Å². The van der Waals surface area contributed by atoms with Crippen molar-refractivity contribution in [2.75, 3.05) is 0 Å². The average Bonchev–Trinajstić information content (AvgIpc) is 2.79. The van der Waals surface area contributed by atoms with E-state index in [4.69, 9.17) is 0 Å². The molecule has 0 unspecified atom stereocenters. The molecule has 0 spiro atoms. The highest BCUT2D eigenvalue weighted by molar-refractivity contribution is 5.91. The van der Waals surface area contributed by atoms with Gasteiger partial charge in [0.05, 0.1) is 0 Å².